The Morgan fingerprint density at radius 3 is 2.73 bits per heavy atom. The second-order valence-corrected chi connectivity index (χ2v) is 6.28. The SMILES string of the molecule is Cc1ccccc1CNc1cnc(C(=O)NCCN2CCOCC2)cn1. The van der Waals surface area contributed by atoms with Gasteiger partial charge in [0.05, 0.1) is 25.6 Å². The molecule has 1 aromatic carbocycles. The quantitative estimate of drug-likeness (QED) is 0.783. The third-order valence-corrected chi connectivity index (χ3v) is 4.42. The molecule has 2 aromatic rings. The first kappa shape index (κ1) is 18.3. The number of benzene rings is 1. The van der Waals surface area contributed by atoms with Gasteiger partial charge in [-0.25, -0.2) is 9.97 Å². The smallest absolute Gasteiger partial charge is 0.271 e. The zero-order valence-electron chi connectivity index (χ0n) is 15.1. The van der Waals surface area contributed by atoms with E-state index in [1.807, 2.05) is 12.1 Å². The van der Waals surface area contributed by atoms with Crippen molar-refractivity contribution < 1.29 is 9.53 Å². The minimum atomic E-state index is -0.198. The fraction of sp³-hybridized carbons (Fsp3) is 0.421. The number of hydrogen-bond acceptors (Lipinski definition) is 6. The third kappa shape index (κ3) is 5.24. The largest absolute Gasteiger partial charge is 0.379 e. The van der Waals surface area contributed by atoms with Crippen LogP contribution in [-0.4, -0.2) is 60.2 Å². The fourth-order valence-corrected chi connectivity index (χ4v) is 2.77. The Labute approximate surface area is 153 Å². The fourth-order valence-electron chi connectivity index (χ4n) is 2.77. The number of ether oxygens (including phenoxy) is 1. The molecular formula is C19H25N5O2. The zero-order chi connectivity index (χ0) is 18.2. The van der Waals surface area contributed by atoms with Crippen LogP contribution in [0.1, 0.15) is 21.6 Å². The second-order valence-electron chi connectivity index (χ2n) is 6.28. The van der Waals surface area contributed by atoms with Crippen molar-refractivity contribution in [3.8, 4) is 0 Å². The molecule has 26 heavy (non-hydrogen) atoms. The number of carbonyl (C=O) groups excluding carboxylic acids is 1. The van der Waals surface area contributed by atoms with E-state index in [1.165, 1.54) is 17.3 Å². The van der Waals surface area contributed by atoms with Crippen molar-refractivity contribution in [2.75, 3.05) is 44.7 Å². The van der Waals surface area contributed by atoms with Crippen LogP contribution in [-0.2, 0) is 11.3 Å². The lowest BCUT2D eigenvalue weighted by Gasteiger charge is -2.26. The average molecular weight is 355 g/mol. The Bertz CT molecular complexity index is 714. The predicted molar refractivity (Wildman–Crippen MR) is 100 cm³/mol. The summed E-state index contributed by atoms with van der Waals surface area (Å²) in [6.45, 7) is 7.51. The molecule has 2 heterocycles. The average Bonchev–Trinajstić information content (AvgIpc) is 2.68. The Balaban J connectivity index is 1.44. The maximum Gasteiger partial charge on any atom is 0.271 e. The van der Waals surface area contributed by atoms with E-state index in [0.29, 0.717) is 24.6 Å². The molecule has 1 amide bonds. The molecule has 138 valence electrons. The normalized spacial score (nSPS) is 14.8. The molecule has 0 saturated carbocycles. The van der Waals surface area contributed by atoms with Crippen LogP contribution in [0.5, 0.6) is 0 Å². The molecule has 1 aliphatic heterocycles. The van der Waals surface area contributed by atoms with Gasteiger partial charge in [0.2, 0.25) is 0 Å². The van der Waals surface area contributed by atoms with Crippen LogP contribution in [0.4, 0.5) is 5.82 Å². The van der Waals surface area contributed by atoms with Gasteiger partial charge in [0.15, 0.2) is 0 Å². The van der Waals surface area contributed by atoms with E-state index < -0.39 is 0 Å². The minimum Gasteiger partial charge on any atom is -0.379 e. The second kappa shape index (κ2) is 9.26. The van der Waals surface area contributed by atoms with Gasteiger partial charge in [0.1, 0.15) is 11.5 Å². The van der Waals surface area contributed by atoms with Crippen LogP contribution in [0, 0.1) is 6.92 Å². The molecule has 0 unspecified atom stereocenters. The molecule has 1 fully saturated rings. The summed E-state index contributed by atoms with van der Waals surface area (Å²) in [5, 5.41) is 6.12. The highest BCUT2D eigenvalue weighted by atomic mass is 16.5. The number of aryl methyl sites for hydroxylation is 1. The lowest BCUT2D eigenvalue weighted by Crippen LogP contribution is -2.41. The van der Waals surface area contributed by atoms with Crippen molar-refractivity contribution in [1.82, 2.24) is 20.2 Å². The maximum absolute atomic E-state index is 12.1. The van der Waals surface area contributed by atoms with Gasteiger partial charge in [0, 0.05) is 32.7 Å². The first-order valence-electron chi connectivity index (χ1n) is 8.91. The first-order chi connectivity index (χ1) is 12.7. The van der Waals surface area contributed by atoms with Crippen molar-refractivity contribution >= 4 is 11.7 Å². The van der Waals surface area contributed by atoms with Crippen LogP contribution in [0.2, 0.25) is 0 Å². The third-order valence-electron chi connectivity index (χ3n) is 4.42. The van der Waals surface area contributed by atoms with Gasteiger partial charge in [-0.2, -0.15) is 0 Å². The van der Waals surface area contributed by atoms with Crippen molar-refractivity contribution in [3.63, 3.8) is 0 Å². The zero-order valence-corrected chi connectivity index (χ0v) is 15.1. The van der Waals surface area contributed by atoms with E-state index >= 15 is 0 Å². The lowest BCUT2D eigenvalue weighted by atomic mass is 10.1. The Hall–Kier alpha value is -2.51. The molecule has 3 rings (SSSR count). The van der Waals surface area contributed by atoms with Crippen molar-refractivity contribution in [2.45, 2.75) is 13.5 Å². The molecule has 0 spiro atoms. The van der Waals surface area contributed by atoms with Gasteiger partial charge in [-0.15, -0.1) is 0 Å². The van der Waals surface area contributed by atoms with E-state index in [1.54, 1.807) is 6.20 Å². The van der Waals surface area contributed by atoms with Crippen LogP contribution < -0.4 is 10.6 Å². The molecular weight excluding hydrogens is 330 g/mol. The number of morpholine rings is 1. The Kier molecular flexibility index (Phi) is 6.51. The summed E-state index contributed by atoms with van der Waals surface area (Å²) in [4.78, 5) is 22.9. The van der Waals surface area contributed by atoms with Gasteiger partial charge in [-0.1, -0.05) is 24.3 Å². The van der Waals surface area contributed by atoms with Gasteiger partial charge >= 0.3 is 0 Å². The summed E-state index contributed by atoms with van der Waals surface area (Å²) < 4.78 is 5.31. The van der Waals surface area contributed by atoms with E-state index in [9.17, 15) is 4.79 Å². The highest BCUT2D eigenvalue weighted by Gasteiger charge is 2.12. The number of aromatic nitrogens is 2. The summed E-state index contributed by atoms with van der Waals surface area (Å²) in [6, 6.07) is 8.18. The summed E-state index contributed by atoms with van der Waals surface area (Å²) in [5.74, 6) is 0.453. The standard InChI is InChI=1S/C19H25N5O2/c1-15-4-2-3-5-16(15)12-22-18-14-21-17(13-23-18)19(25)20-6-7-24-8-10-26-11-9-24/h2-5,13-14H,6-12H2,1H3,(H,20,25)(H,22,23). The summed E-state index contributed by atoms with van der Waals surface area (Å²) in [5.41, 5.74) is 2.76. The van der Waals surface area contributed by atoms with Gasteiger partial charge in [0.25, 0.3) is 5.91 Å². The number of amides is 1. The number of nitrogens with one attached hydrogen (secondary N) is 2. The molecule has 0 atom stereocenters. The molecule has 1 saturated heterocycles. The molecule has 1 aliphatic rings. The number of hydrogen-bond donors (Lipinski definition) is 2. The molecule has 7 nitrogen and oxygen atoms in total. The molecule has 2 N–H and O–H groups in total. The molecule has 1 aromatic heterocycles. The van der Waals surface area contributed by atoms with E-state index in [-0.39, 0.29) is 5.91 Å². The van der Waals surface area contributed by atoms with E-state index in [0.717, 1.165) is 32.8 Å². The van der Waals surface area contributed by atoms with E-state index in [2.05, 4.69) is 44.6 Å². The molecule has 7 heteroatoms. The summed E-state index contributed by atoms with van der Waals surface area (Å²) in [6.07, 6.45) is 3.10. The number of anilines is 1. The molecule has 0 aliphatic carbocycles. The monoisotopic (exact) mass is 355 g/mol. The maximum atomic E-state index is 12.1. The Morgan fingerprint density at radius 1 is 1.19 bits per heavy atom. The highest BCUT2D eigenvalue weighted by molar-refractivity contribution is 5.91. The van der Waals surface area contributed by atoms with Crippen LogP contribution in [0.15, 0.2) is 36.7 Å². The van der Waals surface area contributed by atoms with Crippen LogP contribution in [0.25, 0.3) is 0 Å². The molecule has 0 radical (unpaired) electrons. The topological polar surface area (TPSA) is 79.4 Å². The van der Waals surface area contributed by atoms with Crippen molar-refractivity contribution in [3.05, 3.63) is 53.5 Å². The summed E-state index contributed by atoms with van der Waals surface area (Å²) in [7, 11) is 0. The highest BCUT2D eigenvalue weighted by Crippen LogP contribution is 2.09. The Morgan fingerprint density at radius 2 is 2.00 bits per heavy atom. The van der Waals surface area contributed by atoms with E-state index in [4.69, 9.17) is 4.74 Å². The summed E-state index contributed by atoms with van der Waals surface area (Å²) >= 11 is 0. The van der Waals surface area contributed by atoms with Gasteiger partial charge in [-0.3, -0.25) is 9.69 Å². The van der Waals surface area contributed by atoms with Gasteiger partial charge < -0.3 is 15.4 Å². The minimum absolute atomic E-state index is 0.198. The molecule has 0 bridgehead atoms. The lowest BCUT2D eigenvalue weighted by molar-refractivity contribution is 0.0383. The van der Waals surface area contributed by atoms with Crippen molar-refractivity contribution in [2.24, 2.45) is 0 Å². The first-order valence-corrected chi connectivity index (χ1v) is 8.91. The van der Waals surface area contributed by atoms with Crippen LogP contribution in [0.3, 0.4) is 0 Å². The number of rotatable bonds is 7. The number of nitrogens with zero attached hydrogens (tertiary/aromatic N) is 3. The number of carbonyl (C=O) groups is 1. The van der Waals surface area contributed by atoms with Crippen LogP contribution >= 0.6 is 0 Å². The van der Waals surface area contributed by atoms with Gasteiger partial charge in [-0.05, 0) is 18.1 Å². The predicted octanol–water partition coefficient (Wildman–Crippen LogP) is 1.46. The van der Waals surface area contributed by atoms with Crippen molar-refractivity contribution in [1.29, 1.82) is 0 Å².